The molecule has 0 saturated carbocycles. The summed E-state index contributed by atoms with van der Waals surface area (Å²) in [6.07, 6.45) is 1.90. The number of nitrogens with two attached hydrogens (primary N) is 1. The van der Waals surface area contributed by atoms with Crippen LogP contribution in [-0.4, -0.2) is 17.4 Å². The van der Waals surface area contributed by atoms with Gasteiger partial charge in [0.05, 0.1) is 17.4 Å². The van der Waals surface area contributed by atoms with Crippen LogP contribution in [0.5, 0.6) is 5.75 Å². The fraction of sp³-hybridized carbons (Fsp3) is 0.364. The van der Waals surface area contributed by atoms with Crippen LogP contribution in [-0.2, 0) is 0 Å². The second-order valence-electron chi connectivity index (χ2n) is 3.70. The van der Waals surface area contributed by atoms with Gasteiger partial charge in [0.2, 0.25) is 0 Å². The highest BCUT2D eigenvalue weighted by Crippen LogP contribution is 2.29. The highest BCUT2D eigenvalue weighted by atomic mass is 35.5. The largest absolute Gasteiger partial charge is 0.487 e. The van der Waals surface area contributed by atoms with Gasteiger partial charge in [-0.25, -0.2) is 0 Å². The van der Waals surface area contributed by atoms with Crippen LogP contribution in [0.3, 0.4) is 0 Å². The third kappa shape index (κ3) is 4.58. The fourth-order valence-electron chi connectivity index (χ4n) is 1.35. The summed E-state index contributed by atoms with van der Waals surface area (Å²) in [5.41, 5.74) is 5.06. The molecule has 0 fully saturated rings. The van der Waals surface area contributed by atoms with E-state index in [1.165, 1.54) is 12.1 Å². The smallest absolute Gasteiger partial charge is 0.312 e. The van der Waals surface area contributed by atoms with Gasteiger partial charge in [-0.15, -0.1) is 0 Å². The van der Waals surface area contributed by atoms with E-state index in [0.717, 1.165) is 6.42 Å². The molecule has 18 heavy (non-hydrogen) atoms. The van der Waals surface area contributed by atoms with Crippen molar-refractivity contribution < 1.29 is 9.66 Å². The van der Waals surface area contributed by atoms with Crippen molar-refractivity contribution in [2.45, 2.75) is 19.3 Å². The third-order valence-corrected chi connectivity index (χ3v) is 2.45. The van der Waals surface area contributed by atoms with Crippen LogP contribution < -0.4 is 10.5 Å². The van der Waals surface area contributed by atoms with E-state index >= 15 is 0 Å². The highest BCUT2D eigenvalue weighted by molar-refractivity contribution is 6.30. The Balaban J connectivity index is 2.51. The van der Waals surface area contributed by atoms with E-state index in [4.69, 9.17) is 27.5 Å². The zero-order chi connectivity index (χ0) is 13.5. The van der Waals surface area contributed by atoms with E-state index in [1.54, 1.807) is 6.07 Å². The third-order valence-electron chi connectivity index (χ3n) is 2.22. The topological polar surface area (TPSA) is 102 Å². The molecule has 0 aliphatic carbocycles. The van der Waals surface area contributed by atoms with Crippen molar-refractivity contribution in [2.24, 2.45) is 5.73 Å². The van der Waals surface area contributed by atoms with Crippen molar-refractivity contribution in [3.8, 4) is 5.75 Å². The Labute approximate surface area is 109 Å². The van der Waals surface area contributed by atoms with Crippen molar-refractivity contribution in [3.63, 3.8) is 0 Å². The summed E-state index contributed by atoms with van der Waals surface area (Å²) >= 11 is 5.68. The summed E-state index contributed by atoms with van der Waals surface area (Å²) in [5, 5.41) is 18.1. The number of rotatable bonds is 7. The second-order valence-corrected chi connectivity index (χ2v) is 4.14. The molecule has 0 atom stereocenters. The fourth-order valence-corrected chi connectivity index (χ4v) is 1.52. The molecule has 0 aliphatic rings. The van der Waals surface area contributed by atoms with Crippen molar-refractivity contribution in [3.05, 3.63) is 33.3 Å². The highest BCUT2D eigenvalue weighted by Gasteiger charge is 2.15. The number of unbranched alkanes of at least 4 members (excludes halogenated alkanes) is 1. The van der Waals surface area contributed by atoms with E-state index in [-0.39, 0.29) is 17.3 Å². The van der Waals surface area contributed by atoms with E-state index in [9.17, 15) is 10.1 Å². The Bertz CT molecular complexity index is 451. The first-order valence-electron chi connectivity index (χ1n) is 5.40. The molecule has 98 valence electrons. The van der Waals surface area contributed by atoms with E-state index in [0.29, 0.717) is 24.5 Å². The van der Waals surface area contributed by atoms with Crippen LogP contribution in [0.2, 0.25) is 5.02 Å². The van der Waals surface area contributed by atoms with Gasteiger partial charge in [-0.2, -0.15) is 0 Å². The molecule has 1 rings (SSSR count). The van der Waals surface area contributed by atoms with Crippen LogP contribution in [0.4, 0.5) is 5.69 Å². The number of amidine groups is 1. The standard InChI is InChI=1S/C11H14ClN3O3/c12-8-4-5-10(9(7-8)15(16)17)18-6-2-1-3-11(13)14/h4-5,7H,1-3,6H2,(H3,13,14). The molecule has 0 spiro atoms. The van der Waals surface area contributed by atoms with Gasteiger partial charge in [-0.3, -0.25) is 15.5 Å². The number of nitrogens with zero attached hydrogens (tertiary/aromatic N) is 1. The molecule has 0 radical (unpaired) electrons. The molecular weight excluding hydrogens is 258 g/mol. The lowest BCUT2D eigenvalue weighted by atomic mass is 10.2. The van der Waals surface area contributed by atoms with Gasteiger partial charge in [0.1, 0.15) is 0 Å². The number of hydrogen-bond donors (Lipinski definition) is 2. The molecule has 0 aliphatic heterocycles. The quantitative estimate of drug-likeness (QED) is 0.262. The molecular formula is C11H14ClN3O3. The minimum absolute atomic E-state index is 0.132. The maximum atomic E-state index is 10.8. The van der Waals surface area contributed by atoms with Crippen molar-refractivity contribution in [1.82, 2.24) is 0 Å². The molecule has 7 heteroatoms. The van der Waals surface area contributed by atoms with Gasteiger partial charge in [0, 0.05) is 17.5 Å². The zero-order valence-corrected chi connectivity index (χ0v) is 10.4. The number of hydrogen-bond acceptors (Lipinski definition) is 4. The van der Waals surface area contributed by atoms with Gasteiger partial charge in [0.15, 0.2) is 5.75 Å². The van der Waals surface area contributed by atoms with Crippen LogP contribution >= 0.6 is 11.6 Å². The Kier molecular flexibility index (Phi) is 5.38. The number of nitro groups is 1. The van der Waals surface area contributed by atoms with Crippen molar-refractivity contribution >= 4 is 23.1 Å². The van der Waals surface area contributed by atoms with E-state index in [2.05, 4.69) is 0 Å². The monoisotopic (exact) mass is 271 g/mol. The van der Waals surface area contributed by atoms with Gasteiger partial charge in [0.25, 0.3) is 0 Å². The summed E-state index contributed by atoms with van der Waals surface area (Å²) < 4.78 is 5.32. The maximum Gasteiger partial charge on any atom is 0.312 e. The zero-order valence-electron chi connectivity index (χ0n) is 9.69. The number of halogens is 1. The van der Waals surface area contributed by atoms with Crippen LogP contribution in [0.1, 0.15) is 19.3 Å². The van der Waals surface area contributed by atoms with Crippen LogP contribution in [0, 0.1) is 15.5 Å². The molecule has 1 aromatic rings. The van der Waals surface area contributed by atoms with Gasteiger partial charge >= 0.3 is 5.69 Å². The summed E-state index contributed by atoms with van der Waals surface area (Å²) in [6.45, 7) is 0.343. The van der Waals surface area contributed by atoms with Crippen molar-refractivity contribution in [1.29, 1.82) is 5.41 Å². The first-order chi connectivity index (χ1) is 8.50. The normalized spacial score (nSPS) is 10.1. The lowest BCUT2D eigenvalue weighted by Crippen LogP contribution is -2.09. The molecule has 0 bridgehead atoms. The van der Waals surface area contributed by atoms with E-state index in [1.807, 2.05) is 0 Å². The first kappa shape index (κ1) is 14.2. The first-order valence-corrected chi connectivity index (χ1v) is 5.78. The Morgan fingerprint density at radius 3 is 2.83 bits per heavy atom. The molecule has 1 aromatic carbocycles. The number of ether oxygens (including phenoxy) is 1. The molecule has 3 N–H and O–H groups in total. The molecule has 0 heterocycles. The SMILES string of the molecule is N=C(N)CCCCOc1ccc(Cl)cc1[N+](=O)[O-]. The predicted molar refractivity (Wildman–Crippen MR) is 69.4 cm³/mol. The lowest BCUT2D eigenvalue weighted by Gasteiger charge is -2.06. The average molecular weight is 272 g/mol. The van der Waals surface area contributed by atoms with Gasteiger partial charge in [-0.05, 0) is 25.0 Å². The van der Waals surface area contributed by atoms with Crippen LogP contribution in [0.25, 0.3) is 0 Å². The van der Waals surface area contributed by atoms with E-state index < -0.39 is 4.92 Å². The molecule has 6 nitrogen and oxygen atoms in total. The number of benzene rings is 1. The lowest BCUT2D eigenvalue weighted by molar-refractivity contribution is -0.385. The Morgan fingerprint density at radius 2 is 2.22 bits per heavy atom. The molecule has 0 unspecified atom stereocenters. The predicted octanol–water partition coefficient (Wildman–Crippen LogP) is 2.73. The maximum absolute atomic E-state index is 10.8. The number of nitro benzene ring substituents is 1. The molecule has 0 saturated heterocycles. The van der Waals surface area contributed by atoms with Crippen molar-refractivity contribution in [2.75, 3.05) is 6.61 Å². The summed E-state index contributed by atoms with van der Waals surface area (Å²) in [6, 6.07) is 4.28. The van der Waals surface area contributed by atoms with Crippen LogP contribution in [0.15, 0.2) is 18.2 Å². The van der Waals surface area contributed by atoms with Gasteiger partial charge < -0.3 is 10.5 Å². The van der Waals surface area contributed by atoms with Gasteiger partial charge in [-0.1, -0.05) is 11.6 Å². The minimum atomic E-state index is -0.531. The summed E-state index contributed by atoms with van der Waals surface area (Å²) in [4.78, 5) is 10.2. The second kappa shape index (κ2) is 6.80. The average Bonchev–Trinajstić information content (AvgIpc) is 2.29. The number of nitrogens with one attached hydrogen (secondary N) is 1. The molecule has 0 amide bonds. The summed E-state index contributed by atoms with van der Waals surface area (Å²) in [7, 11) is 0. The summed E-state index contributed by atoms with van der Waals surface area (Å²) in [5.74, 6) is 0.333. The minimum Gasteiger partial charge on any atom is -0.487 e. The molecule has 0 aromatic heterocycles. The Hall–Kier alpha value is -1.82. The Morgan fingerprint density at radius 1 is 1.50 bits per heavy atom.